The molecule has 1 aliphatic rings. The number of imidazole rings is 1. The summed E-state index contributed by atoms with van der Waals surface area (Å²) in [6, 6.07) is 9.87. The van der Waals surface area contributed by atoms with Crippen molar-refractivity contribution in [3.05, 3.63) is 47.8 Å². The summed E-state index contributed by atoms with van der Waals surface area (Å²) in [5.74, 6) is 0.394. The molecular formula is C20H23N3OS2. The van der Waals surface area contributed by atoms with Gasteiger partial charge in [0.2, 0.25) is 0 Å². The van der Waals surface area contributed by atoms with Gasteiger partial charge in [-0.25, -0.2) is 4.98 Å². The number of nitrogens with one attached hydrogen (secondary N) is 1. The summed E-state index contributed by atoms with van der Waals surface area (Å²) < 4.78 is 12.8. The summed E-state index contributed by atoms with van der Waals surface area (Å²) in [6.07, 6.45) is 8.49. The van der Waals surface area contributed by atoms with Crippen molar-refractivity contribution >= 4 is 33.6 Å². The van der Waals surface area contributed by atoms with E-state index in [2.05, 4.69) is 27.9 Å². The van der Waals surface area contributed by atoms with Gasteiger partial charge in [-0.05, 0) is 43.5 Å². The van der Waals surface area contributed by atoms with E-state index in [0.29, 0.717) is 16.2 Å². The minimum Gasteiger partial charge on any atom is -0.331 e. The van der Waals surface area contributed by atoms with Crippen LogP contribution in [0, 0.1) is 6.92 Å². The highest BCUT2D eigenvalue weighted by molar-refractivity contribution is 8.00. The van der Waals surface area contributed by atoms with E-state index < -0.39 is 10.8 Å². The second kappa shape index (κ2) is 7.92. The Balaban J connectivity index is 1.52. The molecule has 3 aromatic rings. The lowest BCUT2D eigenvalue weighted by atomic mass is 10.0. The number of rotatable bonds is 5. The molecule has 0 radical (unpaired) electrons. The van der Waals surface area contributed by atoms with Gasteiger partial charge in [0.15, 0.2) is 5.16 Å². The van der Waals surface area contributed by atoms with E-state index in [1.807, 2.05) is 42.2 Å². The van der Waals surface area contributed by atoms with E-state index in [9.17, 15) is 4.21 Å². The third kappa shape index (κ3) is 3.86. The summed E-state index contributed by atoms with van der Waals surface area (Å²) in [6.45, 7) is 2.10. The average molecular weight is 386 g/mol. The first kappa shape index (κ1) is 17.7. The van der Waals surface area contributed by atoms with Crippen molar-refractivity contribution in [2.75, 3.05) is 0 Å². The van der Waals surface area contributed by atoms with Gasteiger partial charge in [0.05, 0.1) is 33.3 Å². The molecule has 1 N–H and O–H groups in total. The molecule has 0 spiro atoms. The van der Waals surface area contributed by atoms with Crippen molar-refractivity contribution in [3.63, 3.8) is 0 Å². The summed E-state index contributed by atoms with van der Waals surface area (Å²) in [5.41, 5.74) is 3.83. The second-order valence-corrected chi connectivity index (χ2v) is 9.52. The van der Waals surface area contributed by atoms with Gasteiger partial charge >= 0.3 is 0 Å². The Hall–Kier alpha value is -1.66. The van der Waals surface area contributed by atoms with Crippen LogP contribution in [0.3, 0.4) is 0 Å². The molecule has 2 heterocycles. The van der Waals surface area contributed by atoms with Crippen LogP contribution in [-0.4, -0.2) is 24.4 Å². The summed E-state index contributed by atoms with van der Waals surface area (Å²) in [7, 11) is -1.23. The fourth-order valence-electron chi connectivity index (χ4n) is 3.42. The molecule has 4 rings (SSSR count). The average Bonchev–Trinajstić information content (AvgIpc) is 3.10. The molecule has 26 heavy (non-hydrogen) atoms. The number of H-pyrrole nitrogens is 1. The Morgan fingerprint density at radius 3 is 2.81 bits per heavy atom. The fourth-order valence-corrected chi connectivity index (χ4v) is 5.89. The normalized spacial score (nSPS) is 16.8. The molecule has 1 aliphatic carbocycles. The van der Waals surface area contributed by atoms with Gasteiger partial charge in [0.25, 0.3) is 0 Å². The van der Waals surface area contributed by atoms with Gasteiger partial charge in [-0.1, -0.05) is 31.4 Å². The molecule has 1 aromatic carbocycles. The third-order valence-corrected chi connectivity index (χ3v) is 7.62. The van der Waals surface area contributed by atoms with Gasteiger partial charge in [-0.3, -0.25) is 9.19 Å². The van der Waals surface area contributed by atoms with E-state index >= 15 is 0 Å². The third-order valence-electron chi connectivity index (χ3n) is 4.96. The monoisotopic (exact) mass is 385 g/mol. The number of aromatic amines is 1. The Labute approximate surface area is 160 Å². The van der Waals surface area contributed by atoms with Crippen molar-refractivity contribution < 1.29 is 4.21 Å². The molecule has 0 bridgehead atoms. The van der Waals surface area contributed by atoms with E-state index in [1.165, 1.54) is 37.0 Å². The van der Waals surface area contributed by atoms with Crippen LogP contribution in [0.1, 0.15) is 43.4 Å². The number of pyridine rings is 1. The number of nitrogens with zero attached hydrogens (tertiary/aromatic N) is 2. The molecule has 1 fully saturated rings. The lowest BCUT2D eigenvalue weighted by Gasteiger charge is -2.22. The van der Waals surface area contributed by atoms with Crippen LogP contribution in [-0.2, 0) is 16.6 Å². The van der Waals surface area contributed by atoms with Crippen LogP contribution >= 0.6 is 11.8 Å². The molecule has 6 heteroatoms. The maximum Gasteiger partial charge on any atom is 0.197 e. The van der Waals surface area contributed by atoms with Gasteiger partial charge in [0.1, 0.15) is 0 Å². The quantitative estimate of drug-likeness (QED) is 0.671. The summed E-state index contributed by atoms with van der Waals surface area (Å²) >= 11 is 1.97. The first-order valence-electron chi connectivity index (χ1n) is 9.15. The highest BCUT2D eigenvalue weighted by Gasteiger charge is 2.18. The number of benzene rings is 1. The maximum atomic E-state index is 12.8. The number of fused-ring (bicyclic) bond motifs is 1. The molecule has 2 aromatic heterocycles. The Bertz CT molecular complexity index is 899. The zero-order chi connectivity index (χ0) is 17.9. The Kier molecular flexibility index (Phi) is 5.41. The van der Waals surface area contributed by atoms with Crippen LogP contribution in [0.25, 0.3) is 11.0 Å². The van der Waals surface area contributed by atoms with Crippen molar-refractivity contribution in [2.24, 2.45) is 0 Å². The van der Waals surface area contributed by atoms with Crippen LogP contribution in [0.4, 0.5) is 0 Å². The number of hydrogen-bond acceptors (Lipinski definition) is 4. The first-order chi connectivity index (χ1) is 12.7. The van der Waals surface area contributed by atoms with Crippen molar-refractivity contribution in [3.8, 4) is 0 Å². The van der Waals surface area contributed by atoms with E-state index in [1.54, 1.807) is 0 Å². The molecule has 136 valence electrons. The molecule has 0 saturated heterocycles. The number of thioether (sulfide) groups is 1. The molecule has 1 saturated carbocycles. The van der Waals surface area contributed by atoms with Crippen LogP contribution in [0.15, 0.2) is 46.6 Å². The van der Waals surface area contributed by atoms with Gasteiger partial charge in [-0.2, -0.15) is 0 Å². The topological polar surface area (TPSA) is 58.6 Å². The van der Waals surface area contributed by atoms with E-state index in [-0.39, 0.29) is 0 Å². The predicted octanol–water partition coefficient (Wildman–Crippen LogP) is 5.00. The lowest BCUT2D eigenvalue weighted by Crippen LogP contribution is -2.09. The van der Waals surface area contributed by atoms with Gasteiger partial charge in [-0.15, -0.1) is 11.8 Å². The first-order valence-corrected chi connectivity index (χ1v) is 11.3. The standard InChI is InChI=1S/C20H23N3OS2/c1-14-18(21-12-11-19(14)25-15-7-3-2-4-8-15)13-26(24)20-22-16-9-5-6-10-17(16)23-20/h5-6,9-12,15H,2-4,7-8,13H2,1H3,(H,22,23). The van der Waals surface area contributed by atoms with Gasteiger partial charge in [0, 0.05) is 16.3 Å². The maximum absolute atomic E-state index is 12.8. The summed E-state index contributed by atoms with van der Waals surface area (Å²) in [5, 5.41) is 1.23. The summed E-state index contributed by atoms with van der Waals surface area (Å²) in [4.78, 5) is 13.4. The molecule has 4 nitrogen and oxygen atoms in total. The van der Waals surface area contributed by atoms with Crippen LogP contribution in [0.5, 0.6) is 0 Å². The van der Waals surface area contributed by atoms with Gasteiger partial charge < -0.3 is 4.98 Å². The lowest BCUT2D eigenvalue weighted by molar-refractivity contribution is 0.516. The molecule has 0 aliphatic heterocycles. The fraction of sp³-hybridized carbons (Fsp3) is 0.400. The molecule has 1 unspecified atom stereocenters. The zero-order valence-corrected chi connectivity index (χ0v) is 16.5. The highest BCUT2D eigenvalue weighted by atomic mass is 32.2. The van der Waals surface area contributed by atoms with E-state index in [0.717, 1.165) is 22.3 Å². The number of aromatic nitrogens is 3. The molecule has 0 amide bonds. The molecular weight excluding hydrogens is 362 g/mol. The smallest absolute Gasteiger partial charge is 0.197 e. The number of hydrogen-bond donors (Lipinski definition) is 1. The minimum atomic E-state index is -1.23. The largest absolute Gasteiger partial charge is 0.331 e. The van der Waals surface area contributed by atoms with Crippen LogP contribution < -0.4 is 0 Å². The van der Waals surface area contributed by atoms with Crippen molar-refractivity contribution in [2.45, 2.75) is 60.1 Å². The predicted molar refractivity (Wildman–Crippen MR) is 108 cm³/mol. The molecule has 1 atom stereocenters. The van der Waals surface area contributed by atoms with Crippen molar-refractivity contribution in [1.29, 1.82) is 0 Å². The van der Waals surface area contributed by atoms with Crippen LogP contribution in [0.2, 0.25) is 0 Å². The SMILES string of the molecule is Cc1c(SC2CCCCC2)ccnc1CS(=O)c1nc2ccccc2[nH]1. The van der Waals surface area contributed by atoms with Crippen molar-refractivity contribution in [1.82, 2.24) is 15.0 Å². The Morgan fingerprint density at radius 1 is 1.19 bits per heavy atom. The minimum absolute atomic E-state index is 0.394. The second-order valence-electron chi connectivity index (χ2n) is 6.81. The zero-order valence-electron chi connectivity index (χ0n) is 14.9. The Morgan fingerprint density at radius 2 is 2.00 bits per heavy atom. The number of para-hydroxylation sites is 2. The van der Waals surface area contributed by atoms with E-state index in [4.69, 9.17) is 0 Å². The highest BCUT2D eigenvalue weighted by Crippen LogP contribution is 2.35.